The molecule has 0 bridgehead atoms. The fourth-order valence-electron chi connectivity index (χ4n) is 1.91. The van der Waals surface area contributed by atoms with Gasteiger partial charge in [0.1, 0.15) is 11.6 Å². The van der Waals surface area contributed by atoms with Gasteiger partial charge in [-0.2, -0.15) is 0 Å². The summed E-state index contributed by atoms with van der Waals surface area (Å²) in [7, 11) is 1.42. The van der Waals surface area contributed by atoms with E-state index < -0.39 is 5.82 Å². The Kier molecular flexibility index (Phi) is 4.23. The number of ketones is 1. The number of hydrogen-bond acceptors (Lipinski definition) is 2. The van der Waals surface area contributed by atoms with Gasteiger partial charge in [-0.05, 0) is 53.0 Å². The molecule has 0 aliphatic rings. The molecule has 0 unspecified atom stereocenters. The van der Waals surface area contributed by atoms with E-state index in [-0.39, 0.29) is 16.0 Å². The van der Waals surface area contributed by atoms with Gasteiger partial charge in [-0.25, -0.2) is 4.39 Å². The van der Waals surface area contributed by atoms with E-state index in [9.17, 15) is 9.18 Å². The van der Waals surface area contributed by atoms with Gasteiger partial charge in [-0.15, -0.1) is 0 Å². The van der Waals surface area contributed by atoms with Crippen LogP contribution >= 0.6 is 15.9 Å². The van der Waals surface area contributed by atoms with Crippen LogP contribution in [-0.2, 0) is 0 Å². The summed E-state index contributed by atoms with van der Waals surface area (Å²) in [5.41, 5.74) is 3.05. The number of carbonyl (C=O) groups is 1. The van der Waals surface area contributed by atoms with Crippen LogP contribution in [0.2, 0.25) is 0 Å². The molecule has 0 heterocycles. The molecule has 2 aromatic rings. The normalized spacial score (nSPS) is 10.4. The van der Waals surface area contributed by atoms with E-state index in [1.54, 1.807) is 6.07 Å². The molecule has 0 fully saturated rings. The number of halogens is 2. The zero-order chi connectivity index (χ0) is 14.9. The Morgan fingerprint density at radius 1 is 1.15 bits per heavy atom. The number of aryl methyl sites for hydroxylation is 2. The Morgan fingerprint density at radius 2 is 1.85 bits per heavy atom. The molecular formula is C16H14BrFO2. The van der Waals surface area contributed by atoms with Gasteiger partial charge in [0.15, 0.2) is 5.78 Å². The highest BCUT2D eigenvalue weighted by Crippen LogP contribution is 2.28. The minimum Gasteiger partial charge on any atom is -0.496 e. The Bertz CT molecular complexity index is 680. The smallest absolute Gasteiger partial charge is 0.196 e. The molecule has 104 valence electrons. The summed E-state index contributed by atoms with van der Waals surface area (Å²) in [5.74, 6) is -0.418. The van der Waals surface area contributed by atoms with Crippen LogP contribution in [0.3, 0.4) is 0 Å². The molecule has 2 rings (SSSR count). The van der Waals surface area contributed by atoms with Crippen molar-refractivity contribution in [3.05, 3.63) is 62.9 Å². The van der Waals surface area contributed by atoms with Crippen molar-refractivity contribution in [3.8, 4) is 5.75 Å². The highest BCUT2D eigenvalue weighted by Gasteiger charge is 2.17. The minimum atomic E-state index is -0.460. The summed E-state index contributed by atoms with van der Waals surface area (Å²) in [5, 5.41) is 0. The van der Waals surface area contributed by atoms with Gasteiger partial charge >= 0.3 is 0 Å². The SMILES string of the molecule is COc1cc(F)c(Br)cc1C(=O)c1ccc(C)c(C)c1. The fraction of sp³-hybridized carbons (Fsp3) is 0.188. The van der Waals surface area contributed by atoms with Crippen LogP contribution in [-0.4, -0.2) is 12.9 Å². The van der Waals surface area contributed by atoms with Crippen molar-refractivity contribution in [2.45, 2.75) is 13.8 Å². The van der Waals surface area contributed by atoms with E-state index >= 15 is 0 Å². The molecule has 0 spiro atoms. The molecule has 0 aromatic heterocycles. The van der Waals surface area contributed by atoms with E-state index in [0.717, 1.165) is 11.1 Å². The topological polar surface area (TPSA) is 26.3 Å². The van der Waals surface area contributed by atoms with Gasteiger partial charge in [0.2, 0.25) is 0 Å². The maximum Gasteiger partial charge on any atom is 0.196 e. The van der Waals surface area contributed by atoms with E-state index in [0.29, 0.717) is 11.1 Å². The summed E-state index contributed by atoms with van der Waals surface area (Å²) in [6.45, 7) is 3.93. The van der Waals surface area contributed by atoms with Crippen LogP contribution < -0.4 is 4.74 Å². The zero-order valence-corrected chi connectivity index (χ0v) is 13.0. The third-order valence-corrected chi connectivity index (χ3v) is 3.86. The number of ether oxygens (including phenoxy) is 1. The standard InChI is InChI=1S/C16H14BrFO2/c1-9-4-5-11(6-10(9)2)16(19)12-7-13(17)14(18)8-15(12)20-3/h4-8H,1-3H3. The summed E-state index contributed by atoms with van der Waals surface area (Å²) < 4.78 is 18.8. The third-order valence-electron chi connectivity index (χ3n) is 3.26. The van der Waals surface area contributed by atoms with Crippen molar-refractivity contribution in [2.24, 2.45) is 0 Å². The number of rotatable bonds is 3. The van der Waals surface area contributed by atoms with Gasteiger partial charge in [0.05, 0.1) is 17.1 Å². The largest absolute Gasteiger partial charge is 0.496 e. The van der Waals surface area contributed by atoms with E-state index in [1.807, 2.05) is 26.0 Å². The van der Waals surface area contributed by atoms with Crippen molar-refractivity contribution in [2.75, 3.05) is 7.11 Å². The highest BCUT2D eigenvalue weighted by molar-refractivity contribution is 9.10. The van der Waals surface area contributed by atoms with Gasteiger partial charge in [-0.3, -0.25) is 4.79 Å². The number of benzene rings is 2. The Morgan fingerprint density at radius 3 is 2.45 bits per heavy atom. The van der Waals surface area contributed by atoms with Crippen molar-refractivity contribution < 1.29 is 13.9 Å². The highest BCUT2D eigenvalue weighted by atomic mass is 79.9. The van der Waals surface area contributed by atoms with Crippen molar-refractivity contribution in [1.82, 2.24) is 0 Å². The van der Waals surface area contributed by atoms with Crippen LogP contribution in [0.15, 0.2) is 34.8 Å². The second kappa shape index (κ2) is 5.75. The molecule has 20 heavy (non-hydrogen) atoms. The average Bonchev–Trinajstić information content (AvgIpc) is 2.43. The minimum absolute atomic E-state index is 0.189. The van der Waals surface area contributed by atoms with Crippen LogP contribution in [0.4, 0.5) is 4.39 Å². The van der Waals surface area contributed by atoms with Gasteiger partial charge in [-0.1, -0.05) is 12.1 Å². The Balaban J connectivity index is 2.52. The summed E-state index contributed by atoms with van der Waals surface area (Å²) >= 11 is 3.09. The summed E-state index contributed by atoms with van der Waals surface area (Å²) in [6, 6.07) is 8.15. The monoisotopic (exact) mass is 336 g/mol. The fourth-order valence-corrected chi connectivity index (χ4v) is 2.26. The molecule has 2 nitrogen and oxygen atoms in total. The Hall–Kier alpha value is -1.68. The maximum atomic E-state index is 13.5. The quantitative estimate of drug-likeness (QED) is 0.774. The first-order valence-corrected chi connectivity index (χ1v) is 6.88. The van der Waals surface area contributed by atoms with Crippen molar-refractivity contribution in [1.29, 1.82) is 0 Å². The van der Waals surface area contributed by atoms with Gasteiger partial charge in [0.25, 0.3) is 0 Å². The third kappa shape index (κ3) is 2.75. The lowest BCUT2D eigenvalue weighted by molar-refractivity contribution is 0.103. The molecule has 0 amide bonds. The van der Waals surface area contributed by atoms with Crippen LogP contribution in [0.1, 0.15) is 27.0 Å². The first-order chi connectivity index (χ1) is 9.43. The molecule has 0 saturated carbocycles. The zero-order valence-electron chi connectivity index (χ0n) is 11.5. The molecule has 0 saturated heterocycles. The molecule has 0 radical (unpaired) electrons. The number of hydrogen-bond donors (Lipinski definition) is 0. The lowest BCUT2D eigenvalue weighted by Gasteiger charge is -2.10. The Labute approximate surface area is 125 Å². The molecule has 0 aliphatic heterocycles. The molecule has 0 aliphatic carbocycles. The van der Waals surface area contributed by atoms with Crippen molar-refractivity contribution in [3.63, 3.8) is 0 Å². The molecule has 4 heteroatoms. The molecular weight excluding hydrogens is 323 g/mol. The summed E-state index contributed by atoms with van der Waals surface area (Å²) in [6.07, 6.45) is 0. The van der Waals surface area contributed by atoms with Crippen LogP contribution in [0.5, 0.6) is 5.75 Å². The first-order valence-electron chi connectivity index (χ1n) is 6.09. The maximum absolute atomic E-state index is 13.5. The molecule has 0 N–H and O–H groups in total. The van der Waals surface area contributed by atoms with Crippen LogP contribution in [0.25, 0.3) is 0 Å². The van der Waals surface area contributed by atoms with E-state index in [4.69, 9.17) is 4.74 Å². The summed E-state index contributed by atoms with van der Waals surface area (Å²) in [4.78, 5) is 12.5. The predicted octanol–water partition coefficient (Wildman–Crippen LogP) is 4.44. The van der Waals surface area contributed by atoms with Gasteiger partial charge < -0.3 is 4.74 Å². The molecule has 0 atom stereocenters. The number of methoxy groups -OCH3 is 1. The van der Waals surface area contributed by atoms with Crippen LogP contribution in [0, 0.1) is 19.7 Å². The average molecular weight is 337 g/mol. The predicted molar refractivity (Wildman–Crippen MR) is 80.0 cm³/mol. The second-order valence-electron chi connectivity index (χ2n) is 4.59. The number of carbonyl (C=O) groups excluding carboxylic acids is 1. The second-order valence-corrected chi connectivity index (χ2v) is 5.45. The molecule has 2 aromatic carbocycles. The lowest BCUT2D eigenvalue weighted by Crippen LogP contribution is -2.05. The van der Waals surface area contributed by atoms with E-state index in [2.05, 4.69) is 15.9 Å². The van der Waals surface area contributed by atoms with Gasteiger partial charge in [0, 0.05) is 11.6 Å². The van der Waals surface area contributed by atoms with E-state index in [1.165, 1.54) is 19.2 Å². The lowest BCUT2D eigenvalue weighted by atomic mass is 9.98. The first kappa shape index (κ1) is 14.7. The van der Waals surface area contributed by atoms with Crippen molar-refractivity contribution >= 4 is 21.7 Å².